The number of terminal acetylenes is 2. The lowest BCUT2D eigenvalue weighted by molar-refractivity contribution is -0.236. The number of rotatable bonds is 4. The van der Waals surface area contributed by atoms with E-state index in [0.717, 1.165) is 0 Å². The molecule has 2 atom stereocenters. The normalized spacial score (nSPS) is 30.0. The molecule has 2 aliphatic heterocycles. The average Bonchev–Trinajstić information content (AvgIpc) is 2.84. The van der Waals surface area contributed by atoms with Gasteiger partial charge in [0.15, 0.2) is 0 Å². The summed E-state index contributed by atoms with van der Waals surface area (Å²) in [5, 5.41) is 0. The summed E-state index contributed by atoms with van der Waals surface area (Å²) >= 11 is 0. The molecule has 0 amide bonds. The van der Waals surface area contributed by atoms with E-state index in [1.165, 1.54) is 0 Å². The minimum atomic E-state index is -0.780. The molecule has 15 heavy (non-hydrogen) atoms. The van der Waals surface area contributed by atoms with Crippen molar-refractivity contribution in [3.05, 3.63) is 12.2 Å². The molecule has 0 N–H and O–H groups in total. The first-order chi connectivity index (χ1) is 7.30. The highest BCUT2D eigenvalue weighted by atomic mass is 16.7. The van der Waals surface area contributed by atoms with Gasteiger partial charge in [0.1, 0.15) is 19.3 Å². The molecule has 2 rings (SSSR count). The first-order valence-electron chi connectivity index (χ1n) is 4.79. The van der Waals surface area contributed by atoms with Crippen molar-refractivity contribution < 1.29 is 14.2 Å². The Balaban J connectivity index is 2.07. The third kappa shape index (κ3) is 1.78. The summed E-state index contributed by atoms with van der Waals surface area (Å²) in [5.41, 5.74) is 0. The van der Waals surface area contributed by atoms with Crippen LogP contribution in [0.5, 0.6) is 0 Å². The van der Waals surface area contributed by atoms with Gasteiger partial charge in [0, 0.05) is 6.42 Å². The lowest BCUT2D eigenvalue weighted by atomic mass is 10.0. The third-order valence-electron chi connectivity index (χ3n) is 2.54. The van der Waals surface area contributed by atoms with Crippen molar-refractivity contribution in [2.45, 2.75) is 24.4 Å². The Morgan fingerprint density at radius 1 is 1.27 bits per heavy atom. The van der Waals surface area contributed by atoms with Gasteiger partial charge in [0.25, 0.3) is 0 Å². The molecule has 0 aromatic rings. The van der Waals surface area contributed by atoms with E-state index in [2.05, 4.69) is 11.8 Å². The molecule has 2 bridgehead atoms. The van der Waals surface area contributed by atoms with Gasteiger partial charge in [0.05, 0.1) is 6.10 Å². The topological polar surface area (TPSA) is 27.7 Å². The molecular weight excluding hydrogens is 192 g/mol. The Hall–Kier alpha value is -1.26. The number of hydrogen-bond acceptors (Lipinski definition) is 3. The van der Waals surface area contributed by atoms with Crippen LogP contribution < -0.4 is 0 Å². The minimum absolute atomic E-state index is 0.0607. The quantitative estimate of drug-likeness (QED) is 0.383. The predicted molar refractivity (Wildman–Crippen MR) is 54.7 cm³/mol. The maximum absolute atomic E-state index is 5.58. The van der Waals surface area contributed by atoms with Crippen LogP contribution in [0.4, 0.5) is 0 Å². The van der Waals surface area contributed by atoms with Crippen LogP contribution in [0.2, 0.25) is 0 Å². The lowest BCUT2D eigenvalue weighted by Gasteiger charge is -2.31. The summed E-state index contributed by atoms with van der Waals surface area (Å²) in [6, 6.07) is 0. The fourth-order valence-corrected chi connectivity index (χ4v) is 1.92. The highest BCUT2D eigenvalue weighted by Crippen LogP contribution is 2.40. The largest absolute Gasteiger partial charge is 0.361 e. The molecular formula is C12H12O3. The summed E-state index contributed by atoms with van der Waals surface area (Å²) in [7, 11) is 0. The van der Waals surface area contributed by atoms with Gasteiger partial charge < -0.3 is 14.2 Å². The van der Waals surface area contributed by atoms with Gasteiger partial charge in [-0.25, -0.2) is 0 Å². The van der Waals surface area contributed by atoms with Crippen molar-refractivity contribution in [1.82, 2.24) is 0 Å². The zero-order valence-corrected chi connectivity index (χ0v) is 8.31. The number of ether oxygens (including phenoxy) is 3. The second kappa shape index (κ2) is 4.08. The Morgan fingerprint density at radius 2 is 1.93 bits per heavy atom. The molecule has 0 spiro atoms. The average molecular weight is 204 g/mol. The van der Waals surface area contributed by atoms with Crippen molar-refractivity contribution in [3.8, 4) is 24.7 Å². The van der Waals surface area contributed by atoms with Gasteiger partial charge in [-0.05, 0) is 0 Å². The van der Waals surface area contributed by atoms with Crippen molar-refractivity contribution in [2.24, 2.45) is 0 Å². The Morgan fingerprint density at radius 3 is 2.33 bits per heavy atom. The van der Waals surface area contributed by atoms with Crippen molar-refractivity contribution in [2.75, 3.05) is 13.2 Å². The standard InChI is InChI=1S/C12H12O3/c1-3-7-13-12(14-8-4-2)9-10-5-6-11(12)15-10/h1-2,5-6,10-11H,7-9H2/t10-,11+/m1/s1. The molecule has 1 fully saturated rings. The number of hydrogen-bond donors (Lipinski definition) is 0. The molecule has 3 nitrogen and oxygen atoms in total. The van der Waals surface area contributed by atoms with Crippen molar-refractivity contribution >= 4 is 0 Å². The predicted octanol–water partition coefficient (Wildman–Crippen LogP) is 0.710. The van der Waals surface area contributed by atoms with E-state index < -0.39 is 5.79 Å². The van der Waals surface area contributed by atoms with Gasteiger partial charge in [0.2, 0.25) is 5.79 Å². The molecule has 2 aliphatic rings. The highest BCUT2D eigenvalue weighted by molar-refractivity contribution is 5.16. The molecule has 0 saturated carbocycles. The fraction of sp³-hybridized carbons (Fsp3) is 0.500. The van der Waals surface area contributed by atoms with Gasteiger partial charge >= 0.3 is 0 Å². The van der Waals surface area contributed by atoms with Crippen LogP contribution in [0, 0.1) is 24.7 Å². The molecule has 3 heteroatoms. The zero-order chi connectivity index (χ0) is 10.7. The molecule has 0 aliphatic carbocycles. The maximum Gasteiger partial charge on any atom is 0.203 e. The summed E-state index contributed by atoms with van der Waals surface area (Å²) in [6.45, 7) is 0.399. The summed E-state index contributed by atoms with van der Waals surface area (Å²) in [6.07, 6.45) is 14.8. The molecule has 0 radical (unpaired) electrons. The van der Waals surface area contributed by atoms with E-state index in [4.69, 9.17) is 27.1 Å². The Bertz CT molecular complexity index is 327. The molecule has 78 valence electrons. The second-order valence-electron chi connectivity index (χ2n) is 3.48. The molecule has 0 aromatic heterocycles. The fourth-order valence-electron chi connectivity index (χ4n) is 1.92. The Kier molecular flexibility index (Phi) is 2.79. The first-order valence-corrected chi connectivity index (χ1v) is 4.79. The van der Waals surface area contributed by atoms with Gasteiger partial charge in [-0.15, -0.1) is 12.8 Å². The van der Waals surface area contributed by atoms with Crippen LogP contribution in [-0.2, 0) is 14.2 Å². The maximum atomic E-state index is 5.58. The van der Waals surface area contributed by atoms with Crippen molar-refractivity contribution in [1.29, 1.82) is 0 Å². The van der Waals surface area contributed by atoms with Crippen LogP contribution in [0.3, 0.4) is 0 Å². The van der Waals surface area contributed by atoms with Crippen molar-refractivity contribution in [3.63, 3.8) is 0 Å². The molecule has 1 saturated heterocycles. The second-order valence-corrected chi connectivity index (χ2v) is 3.48. The zero-order valence-electron chi connectivity index (χ0n) is 8.31. The van der Waals surface area contributed by atoms with E-state index >= 15 is 0 Å². The van der Waals surface area contributed by atoms with Crippen LogP contribution in [0.1, 0.15) is 6.42 Å². The van der Waals surface area contributed by atoms with E-state index in [1.54, 1.807) is 0 Å². The van der Waals surface area contributed by atoms with Gasteiger partial charge in [-0.3, -0.25) is 0 Å². The van der Waals surface area contributed by atoms with E-state index in [-0.39, 0.29) is 25.4 Å². The van der Waals surface area contributed by atoms with Gasteiger partial charge in [-0.2, -0.15) is 0 Å². The molecule has 0 unspecified atom stereocenters. The van der Waals surface area contributed by atoms with Crippen LogP contribution >= 0.6 is 0 Å². The summed E-state index contributed by atoms with van der Waals surface area (Å²) in [4.78, 5) is 0. The first kappa shape index (κ1) is 10.3. The monoisotopic (exact) mass is 204 g/mol. The minimum Gasteiger partial charge on any atom is -0.361 e. The Labute approximate surface area is 89.4 Å². The molecule has 0 aromatic carbocycles. The molecule has 2 heterocycles. The third-order valence-corrected chi connectivity index (χ3v) is 2.54. The van der Waals surface area contributed by atoms with E-state index in [0.29, 0.717) is 6.42 Å². The van der Waals surface area contributed by atoms with Crippen LogP contribution in [0.15, 0.2) is 12.2 Å². The highest BCUT2D eigenvalue weighted by Gasteiger charge is 2.52. The number of fused-ring (bicyclic) bond motifs is 2. The SMILES string of the molecule is C#CCOC1(OCC#C)C[C@H]2C=C[C@@H]1O2. The summed E-state index contributed by atoms with van der Waals surface area (Å²) in [5.74, 6) is 4.06. The lowest BCUT2D eigenvalue weighted by Crippen LogP contribution is -2.44. The van der Waals surface area contributed by atoms with Gasteiger partial charge in [-0.1, -0.05) is 24.0 Å². The summed E-state index contributed by atoms with van der Waals surface area (Å²) < 4.78 is 16.7. The van der Waals surface area contributed by atoms with Crippen LogP contribution in [0.25, 0.3) is 0 Å². The smallest absolute Gasteiger partial charge is 0.203 e. The van der Waals surface area contributed by atoms with Crippen LogP contribution in [-0.4, -0.2) is 31.2 Å². The van der Waals surface area contributed by atoms with E-state index in [1.807, 2.05) is 12.2 Å². The van der Waals surface area contributed by atoms with E-state index in [9.17, 15) is 0 Å².